The normalized spacial score (nSPS) is 12.5. The fourth-order valence-electron chi connectivity index (χ4n) is 2.29. The summed E-state index contributed by atoms with van der Waals surface area (Å²) in [4.78, 5) is 0. The lowest BCUT2D eigenvalue weighted by Gasteiger charge is -2.20. The highest BCUT2D eigenvalue weighted by Crippen LogP contribution is 2.29. The molecule has 0 aromatic heterocycles. The SMILES string of the molecule is CC(C)c1ccccc1NC(C)c1cc(Br)ccc1F. The number of halogens is 2. The zero-order chi connectivity index (χ0) is 14.7. The summed E-state index contributed by atoms with van der Waals surface area (Å²) in [7, 11) is 0. The van der Waals surface area contributed by atoms with Crippen molar-refractivity contribution in [2.45, 2.75) is 32.7 Å². The monoisotopic (exact) mass is 335 g/mol. The molecule has 1 atom stereocenters. The Kier molecular flexibility index (Phi) is 4.81. The van der Waals surface area contributed by atoms with E-state index in [1.54, 1.807) is 6.07 Å². The van der Waals surface area contributed by atoms with Crippen LogP contribution in [0, 0.1) is 5.82 Å². The van der Waals surface area contributed by atoms with E-state index in [-0.39, 0.29) is 11.9 Å². The average Bonchev–Trinajstić information content (AvgIpc) is 2.41. The van der Waals surface area contributed by atoms with E-state index in [2.05, 4.69) is 41.2 Å². The molecule has 0 amide bonds. The molecule has 0 saturated carbocycles. The Balaban J connectivity index is 2.28. The molecule has 0 aliphatic carbocycles. The van der Waals surface area contributed by atoms with Gasteiger partial charge in [-0.2, -0.15) is 0 Å². The van der Waals surface area contributed by atoms with Gasteiger partial charge in [-0.25, -0.2) is 4.39 Å². The summed E-state index contributed by atoms with van der Waals surface area (Å²) in [6.07, 6.45) is 0. The second-order valence-corrected chi connectivity index (χ2v) is 6.19. The Labute approximate surface area is 128 Å². The van der Waals surface area contributed by atoms with Crippen LogP contribution in [0.5, 0.6) is 0 Å². The quantitative estimate of drug-likeness (QED) is 0.735. The first-order valence-electron chi connectivity index (χ1n) is 6.79. The van der Waals surface area contributed by atoms with Gasteiger partial charge in [0.25, 0.3) is 0 Å². The van der Waals surface area contributed by atoms with Crippen LogP contribution in [0.2, 0.25) is 0 Å². The summed E-state index contributed by atoms with van der Waals surface area (Å²) in [6, 6.07) is 13.1. The zero-order valence-corrected chi connectivity index (χ0v) is 13.5. The van der Waals surface area contributed by atoms with Crippen molar-refractivity contribution in [3.05, 3.63) is 63.9 Å². The highest BCUT2D eigenvalue weighted by Gasteiger charge is 2.13. The van der Waals surface area contributed by atoms with Crippen molar-refractivity contribution in [3.8, 4) is 0 Å². The smallest absolute Gasteiger partial charge is 0.128 e. The minimum atomic E-state index is -0.185. The lowest BCUT2D eigenvalue weighted by molar-refractivity contribution is 0.599. The minimum absolute atomic E-state index is 0.0904. The molecular weight excluding hydrogens is 317 g/mol. The first-order valence-corrected chi connectivity index (χ1v) is 7.58. The average molecular weight is 336 g/mol. The lowest BCUT2D eigenvalue weighted by Crippen LogP contribution is -2.10. The molecule has 0 fully saturated rings. The van der Waals surface area contributed by atoms with Crippen LogP contribution in [0.4, 0.5) is 10.1 Å². The van der Waals surface area contributed by atoms with Crippen molar-refractivity contribution in [1.82, 2.24) is 0 Å². The summed E-state index contributed by atoms with van der Waals surface area (Å²) in [5.74, 6) is 0.244. The standard InChI is InChI=1S/C17H19BrFN/c1-11(2)14-6-4-5-7-17(14)20-12(3)15-10-13(18)8-9-16(15)19/h4-12,20H,1-3H3. The fourth-order valence-corrected chi connectivity index (χ4v) is 2.67. The van der Waals surface area contributed by atoms with E-state index in [4.69, 9.17) is 0 Å². The van der Waals surface area contributed by atoms with Crippen molar-refractivity contribution in [2.24, 2.45) is 0 Å². The van der Waals surface area contributed by atoms with E-state index in [9.17, 15) is 4.39 Å². The van der Waals surface area contributed by atoms with Gasteiger partial charge >= 0.3 is 0 Å². The molecule has 1 nitrogen and oxygen atoms in total. The summed E-state index contributed by atoms with van der Waals surface area (Å²) >= 11 is 3.39. The van der Waals surface area contributed by atoms with Gasteiger partial charge in [0, 0.05) is 15.7 Å². The van der Waals surface area contributed by atoms with E-state index in [0.29, 0.717) is 11.5 Å². The van der Waals surface area contributed by atoms with E-state index >= 15 is 0 Å². The molecule has 2 aromatic rings. The molecule has 2 aromatic carbocycles. The molecule has 0 heterocycles. The maximum absolute atomic E-state index is 13.9. The maximum atomic E-state index is 13.9. The zero-order valence-electron chi connectivity index (χ0n) is 12.0. The number of anilines is 1. The molecule has 2 rings (SSSR count). The van der Waals surface area contributed by atoms with Gasteiger partial charge in [0.15, 0.2) is 0 Å². The van der Waals surface area contributed by atoms with Crippen LogP contribution in [0.15, 0.2) is 46.9 Å². The van der Waals surface area contributed by atoms with Gasteiger partial charge in [0.1, 0.15) is 5.82 Å². The van der Waals surface area contributed by atoms with Crippen LogP contribution in [0.25, 0.3) is 0 Å². The molecule has 0 bridgehead atoms. The van der Waals surface area contributed by atoms with Gasteiger partial charge in [0.2, 0.25) is 0 Å². The van der Waals surface area contributed by atoms with Crippen LogP contribution < -0.4 is 5.32 Å². The highest BCUT2D eigenvalue weighted by atomic mass is 79.9. The predicted octanol–water partition coefficient (Wildman–Crippen LogP) is 5.88. The predicted molar refractivity (Wildman–Crippen MR) is 86.7 cm³/mol. The number of nitrogens with one attached hydrogen (secondary N) is 1. The van der Waals surface area contributed by atoms with Gasteiger partial charge < -0.3 is 5.32 Å². The molecule has 1 unspecified atom stereocenters. The number of para-hydroxylation sites is 1. The third-order valence-electron chi connectivity index (χ3n) is 3.38. The first kappa shape index (κ1) is 15.0. The van der Waals surface area contributed by atoms with Crippen LogP contribution in [-0.4, -0.2) is 0 Å². The Bertz CT molecular complexity index is 595. The van der Waals surface area contributed by atoms with Gasteiger partial charge in [-0.1, -0.05) is 48.0 Å². The Morgan fingerprint density at radius 3 is 2.40 bits per heavy atom. The number of benzene rings is 2. The van der Waals surface area contributed by atoms with Crippen molar-refractivity contribution in [1.29, 1.82) is 0 Å². The second kappa shape index (κ2) is 6.40. The van der Waals surface area contributed by atoms with E-state index in [1.807, 2.05) is 31.2 Å². The molecular formula is C17H19BrFN. The Hall–Kier alpha value is -1.35. The van der Waals surface area contributed by atoms with Crippen molar-refractivity contribution in [2.75, 3.05) is 5.32 Å². The lowest BCUT2D eigenvalue weighted by atomic mass is 10.00. The molecule has 0 saturated heterocycles. The van der Waals surface area contributed by atoms with Crippen LogP contribution >= 0.6 is 15.9 Å². The number of hydrogen-bond donors (Lipinski definition) is 1. The Morgan fingerprint density at radius 2 is 1.70 bits per heavy atom. The minimum Gasteiger partial charge on any atom is -0.378 e. The largest absolute Gasteiger partial charge is 0.378 e. The molecule has 0 spiro atoms. The summed E-state index contributed by atoms with van der Waals surface area (Å²) < 4.78 is 14.8. The van der Waals surface area contributed by atoms with Gasteiger partial charge in [0.05, 0.1) is 6.04 Å². The van der Waals surface area contributed by atoms with Gasteiger partial charge in [-0.15, -0.1) is 0 Å². The summed E-state index contributed by atoms with van der Waals surface area (Å²) in [5.41, 5.74) is 2.97. The summed E-state index contributed by atoms with van der Waals surface area (Å²) in [6.45, 7) is 6.29. The molecule has 106 valence electrons. The van der Waals surface area contributed by atoms with Crippen LogP contribution in [0.1, 0.15) is 43.9 Å². The maximum Gasteiger partial charge on any atom is 0.128 e. The van der Waals surface area contributed by atoms with Crippen molar-refractivity contribution in [3.63, 3.8) is 0 Å². The fraction of sp³-hybridized carbons (Fsp3) is 0.294. The van der Waals surface area contributed by atoms with Gasteiger partial charge in [-0.3, -0.25) is 0 Å². The molecule has 1 N–H and O–H groups in total. The Morgan fingerprint density at radius 1 is 1.00 bits per heavy atom. The van der Waals surface area contributed by atoms with E-state index in [0.717, 1.165) is 10.2 Å². The first-order chi connectivity index (χ1) is 9.49. The number of hydrogen-bond acceptors (Lipinski definition) is 1. The van der Waals surface area contributed by atoms with Crippen molar-refractivity contribution >= 4 is 21.6 Å². The van der Waals surface area contributed by atoms with E-state index < -0.39 is 0 Å². The molecule has 20 heavy (non-hydrogen) atoms. The molecule has 0 aliphatic heterocycles. The topological polar surface area (TPSA) is 12.0 Å². The summed E-state index contributed by atoms with van der Waals surface area (Å²) in [5, 5.41) is 3.42. The molecule has 3 heteroatoms. The molecule has 0 radical (unpaired) electrons. The van der Waals surface area contributed by atoms with E-state index in [1.165, 1.54) is 11.6 Å². The van der Waals surface area contributed by atoms with Crippen LogP contribution in [0.3, 0.4) is 0 Å². The number of rotatable bonds is 4. The van der Waals surface area contributed by atoms with Crippen molar-refractivity contribution < 1.29 is 4.39 Å². The van der Waals surface area contributed by atoms with Gasteiger partial charge in [-0.05, 0) is 42.7 Å². The van der Waals surface area contributed by atoms with Crippen LogP contribution in [-0.2, 0) is 0 Å². The third kappa shape index (κ3) is 3.40. The second-order valence-electron chi connectivity index (χ2n) is 5.27. The third-order valence-corrected chi connectivity index (χ3v) is 3.87. The molecule has 0 aliphatic rings. The highest BCUT2D eigenvalue weighted by molar-refractivity contribution is 9.10.